The van der Waals surface area contributed by atoms with Crippen LogP contribution in [0.3, 0.4) is 0 Å². The molecule has 1 saturated carbocycles. The summed E-state index contributed by atoms with van der Waals surface area (Å²) in [5.74, 6) is 0.680. The highest BCUT2D eigenvalue weighted by atomic mass is 35.5. The van der Waals surface area contributed by atoms with Crippen molar-refractivity contribution in [3.63, 3.8) is 0 Å². The van der Waals surface area contributed by atoms with Crippen LogP contribution in [0.15, 0.2) is 23.1 Å². The first-order valence-electron chi connectivity index (χ1n) is 6.21. The molecule has 0 bridgehead atoms. The molecule has 1 aromatic carbocycles. The van der Waals surface area contributed by atoms with Gasteiger partial charge in [0.25, 0.3) is 0 Å². The van der Waals surface area contributed by atoms with Crippen LogP contribution in [0, 0.1) is 0 Å². The molecule has 2 rings (SSSR count). The molecule has 0 aromatic heterocycles. The molecule has 0 heterocycles. The number of sulfonamides is 1. The molecular weight excluding hydrogens is 286 g/mol. The highest BCUT2D eigenvalue weighted by Crippen LogP contribution is 2.32. The van der Waals surface area contributed by atoms with Crippen LogP contribution in [-0.2, 0) is 15.9 Å². The maximum Gasteiger partial charge on any atom is 0.246 e. The van der Waals surface area contributed by atoms with Gasteiger partial charge in [0.2, 0.25) is 10.0 Å². The van der Waals surface area contributed by atoms with E-state index < -0.39 is 10.0 Å². The monoisotopic (exact) mass is 303 g/mol. The SMILES string of the molecule is COc1cc(CCl)ccc1S(=O)(=O)N(C)C1CCC1. The van der Waals surface area contributed by atoms with Gasteiger partial charge in [-0.05, 0) is 30.5 Å². The van der Waals surface area contributed by atoms with Gasteiger partial charge in [-0.3, -0.25) is 0 Å². The van der Waals surface area contributed by atoms with E-state index in [2.05, 4.69) is 0 Å². The predicted octanol–water partition coefficient (Wildman–Crippen LogP) is 2.61. The minimum atomic E-state index is -3.50. The van der Waals surface area contributed by atoms with Crippen molar-refractivity contribution >= 4 is 21.6 Å². The second-order valence-corrected chi connectivity index (χ2v) is 6.96. The van der Waals surface area contributed by atoms with Crippen molar-refractivity contribution in [1.29, 1.82) is 0 Å². The lowest BCUT2D eigenvalue weighted by Gasteiger charge is -2.34. The number of nitrogens with zero attached hydrogens (tertiary/aromatic N) is 1. The number of benzene rings is 1. The van der Waals surface area contributed by atoms with E-state index in [0.29, 0.717) is 11.6 Å². The van der Waals surface area contributed by atoms with Crippen LogP contribution in [0.1, 0.15) is 24.8 Å². The Morgan fingerprint density at radius 1 is 1.42 bits per heavy atom. The summed E-state index contributed by atoms with van der Waals surface area (Å²) in [5, 5.41) is 0. The smallest absolute Gasteiger partial charge is 0.246 e. The Morgan fingerprint density at radius 2 is 2.11 bits per heavy atom. The largest absolute Gasteiger partial charge is 0.495 e. The van der Waals surface area contributed by atoms with Crippen LogP contribution in [-0.4, -0.2) is 32.9 Å². The number of alkyl halides is 1. The summed E-state index contributed by atoms with van der Waals surface area (Å²) in [4.78, 5) is 0.207. The van der Waals surface area contributed by atoms with Gasteiger partial charge in [-0.2, -0.15) is 4.31 Å². The van der Waals surface area contributed by atoms with Gasteiger partial charge in [-0.1, -0.05) is 12.5 Å². The molecule has 0 radical (unpaired) electrons. The Morgan fingerprint density at radius 3 is 2.58 bits per heavy atom. The van der Waals surface area contributed by atoms with E-state index >= 15 is 0 Å². The number of hydrogen-bond donors (Lipinski definition) is 0. The molecular formula is C13H18ClNO3S. The molecule has 106 valence electrons. The molecule has 1 aliphatic rings. The number of hydrogen-bond acceptors (Lipinski definition) is 3. The van der Waals surface area contributed by atoms with Crippen LogP contribution >= 0.6 is 11.6 Å². The van der Waals surface area contributed by atoms with Crippen molar-refractivity contribution in [2.45, 2.75) is 36.1 Å². The molecule has 4 nitrogen and oxygen atoms in total. The van der Waals surface area contributed by atoms with Crippen molar-refractivity contribution in [3.05, 3.63) is 23.8 Å². The van der Waals surface area contributed by atoms with Crippen LogP contribution in [0.5, 0.6) is 5.75 Å². The molecule has 0 amide bonds. The van der Waals surface area contributed by atoms with Gasteiger partial charge in [0.05, 0.1) is 7.11 Å². The lowest BCUT2D eigenvalue weighted by molar-refractivity contribution is 0.249. The first-order valence-corrected chi connectivity index (χ1v) is 8.19. The lowest BCUT2D eigenvalue weighted by Crippen LogP contribution is -2.41. The third-order valence-electron chi connectivity index (χ3n) is 3.63. The Labute approximate surface area is 119 Å². The van der Waals surface area contributed by atoms with Crippen molar-refractivity contribution in [2.75, 3.05) is 14.2 Å². The van der Waals surface area contributed by atoms with Crippen molar-refractivity contribution in [3.8, 4) is 5.75 Å². The molecule has 19 heavy (non-hydrogen) atoms. The molecule has 6 heteroatoms. The normalized spacial score (nSPS) is 16.4. The third-order valence-corrected chi connectivity index (χ3v) is 5.89. The van der Waals surface area contributed by atoms with Gasteiger partial charge >= 0.3 is 0 Å². The van der Waals surface area contributed by atoms with Gasteiger partial charge < -0.3 is 4.74 Å². The van der Waals surface area contributed by atoms with Gasteiger partial charge in [-0.15, -0.1) is 11.6 Å². The van der Waals surface area contributed by atoms with E-state index in [4.69, 9.17) is 16.3 Å². The number of ether oxygens (including phenoxy) is 1. The van der Waals surface area contributed by atoms with Crippen molar-refractivity contribution < 1.29 is 13.2 Å². The summed E-state index contributed by atoms with van der Waals surface area (Å²) in [5.41, 5.74) is 0.837. The summed E-state index contributed by atoms with van der Waals surface area (Å²) in [6.07, 6.45) is 2.95. The zero-order valence-electron chi connectivity index (χ0n) is 11.1. The molecule has 0 atom stereocenters. The van der Waals surface area contributed by atoms with E-state index in [-0.39, 0.29) is 10.9 Å². The van der Waals surface area contributed by atoms with Crippen molar-refractivity contribution in [2.24, 2.45) is 0 Å². The second-order valence-electron chi connectivity index (χ2n) is 4.72. The molecule has 0 N–H and O–H groups in total. The fourth-order valence-electron chi connectivity index (χ4n) is 2.11. The Balaban J connectivity index is 2.39. The van der Waals surface area contributed by atoms with E-state index in [1.165, 1.54) is 11.4 Å². The third kappa shape index (κ3) is 2.73. The minimum absolute atomic E-state index is 0.113. The first-order chi connectivity index (χ1) is 9.00. The van der Waals surface area contributed by atoms with E-state index in [1.807, 2.05) is 0 Å². The van der Waals surface area contributed by atoms with E-state index in [0.717, 1.165) is 24.8 Å². The minimum Gasteiger partial charge on any atom is -0.495 e. The molecule has 0 aliphatic heterocycles. The molecule has 0 saturated heterocycles. The average molecular weight is 304 g/mol. The standard InChI is InChI=1S/C13H18ClNO3S/c1-15(11-4-3-5-11)19(16,17)13-7-6-10(9-14)8-12(13)18-2/h6-8,11H,3-5,9H2,1-2H3. The van der Waals surface area contributed by atoms with Gasteiger partial charge in [0.1, 0.15) is 10.6 Å². The summed E-state index contributed by atoms with van der Waals surface area (Å²) in [6.45, 7) is 0. The zero-order chi connectivity index (χ0) is 14.0. The second kappa shape index (κ2) is 5.69. The fraction of sp³-hybridized carbons (Fsp3) is 0.538. The first kappa shape index (κ1) is 14.6. The van der Waals surface area contributed by atoms with Crippen LogP contribution in [0.25, 0.3) is 0 Å². The van der Waals surface area contributed by atoms with Gasteiger partial charge in [0, 0.05) is 19.0 Å². The highest BCUT2D eigenvalue weighted by Gasteiger charge is 2.33. The van der Waals surface area contributed by atoms with Gasteiger partial charge in [0.15, 0.2) is 0 Å². The summed E-state index contributed by atoms with van der Waals surface area (Å²) >= 11 is 5.75. The maximum absolute atomic E-state index is 12.6. The van der Waals surface area contributed by atoms with E-state index in [1.54, 1.807) is 25.2 Å². The van der Waals surface area contributed by atoms with Gasteiger partial charge in [-0.25, -0.2) is 8.42 Å². The highest BCUT2D eigenvalue weighted by molar-refractivity contribution is 7.89. The molecule has 1 aliphatic carbocycles. The van der Waals surface area contributed by atoms with Crippen molar-refractivity contribution in [1.82, 2.24) is 4.31 Å². The number of rotatable bonds is 5. The molecule has 1 fully saturated rings. The molecule has 0 unspecified atom stereocenters. The Hall–Kier alpha value is -0.780. The van der Waals surface area contributed by atoms with E-state index in [9.17, 15) is 8.42 Å². The topological polar surface area (TPSA) is 46.6 Å². The fourth-order valence-corrected chi connectivity index (χ4v) is 3.83. The maximum atomic E-state index is 12.6. The Bertz CT molecular complexity index is 555. The van der Waals surface area contributed by atoms with Crippen LogP contribution in [0.2, 0.25) is 0 Å². The number of halogens is 1. The number of methoxy groups -OCH3 is 1. The quantitative estimate of drug-likeness (QED) is 0.786. The summed E-state index contributed by atoms with van der Waals surface area (Å²) in [6, 6.07) is 5.08. The van der Waals surface area contributed by atoms with Crippen LogP contribution < -0.4 is 4.74 Å². The van der Waals surface area contributed by atoms with Crippen LogP contribution in [0.4, 0.5) is 0 Å². The predicted molar refractivity (Wildman–Crippen MR) is 75.1 cm³/mol. The summed E-state index contributed by atoms with van der Waals surface area (Å²) < 4.78 is 31.8. The molecule has 1 aromatic rings. The summed E-state index contributed by atoms with van der Waals surface area (Å²) in [7, 11) is -0.401. The zero-order valence-corrected chi connectivity index (χ0v) is 12.7. The average Bonchev–Trinajstić information content (AvgIpc) is 2.35. The molecule has 0 spiro atoms. The Kier molecular flexibility index (Phi) is 4.38. The lowest BCUT2D eigenvalue weighted by atomic mass is 9.94.